The van der Waals surface area contributed by atoms with Gasteiger partial charge in [0.25, 0.3) is 5.69 Å². The number of carboxylic acids is 1. The van der Waals surface area contributed by atoms with Crippen LogP contribution < -0.4 is 4.74 Å². The van der Waals surface area contributed by atoms with Crippen molar-refractivity contribution in [2.24, 2.45) is 0 Å². The molecular weight excluding hydrogens is 288 g/mol. The van der Waals surface area contributed by atoms with Crippen LogP contribution >= 0.6 is 0 Å². The molecule has 21 heavy (non-hydrogen) atoms. The van der Waals surface area contributed by atoms with Crippen molar-refractivity contribution in [1.82, 2.24) is 0 Å². The van der Waals surface area contributed by atoms with Gasteiger partial charge in [-0.05, 0) is 18.2 Å². The van der Waals surface area contributed by atoms with Gasteiger partial charge in [0.15, 0.2) is 11.6 Å². The van der Waals surface area contributed by atoms with Gasteiger partial charge in [-0.15, -0.1) is 0 Å². The first-order valence-corrected chi connectivity index (χ1v) is 5.53. The molecule has 0 saturated carbocycles. The van der Waals surface area contributed by atoms with Crippen LogP contribution in [0.4, 0.5) is 14.5 Å². The van der Waals surface area contributed by atoms with Crippen LogP contribution in [0.1, 0.15) is 10.4 Å². The van der Waals surface area contributed by atoms with Gasteiger partial charge >= 0.3 is 5.97 Å². The van der Waals surface area contributed by atoms with E-state index in [2.05, 4.69) is 0 Å². The van der Waals surface area contributed by atoms with Crippen LogP contribution in [0.3, 0.4) is 0 Å². The SMILES string of the molecule is O=C(O)c1cc(Oc2cccc(F)c2F)ccc1[N+](=O)[O-]. The van der Waals surface area contributed by atoms with E-state index in [1.54, 1.807) is 0 Å². The highest BCUT2D eigenvalue weighted by Gasteiger charge is 2.21. The summed E-state index contributed by atoms with van der Waals surface area (Å²) in [4.78, 5) is 20.8. The number of carboxylic acid groups (broad SMARTS) is 1. The molecule has 0 unspecified atom stereocenters. The predicted molar refractivity (Wildman–Crippen MR) is 66.5 cm³/mol. The summed E-state index contributed by atoms with van der Waals surface area (Å²) in [5.74, 6) is -4.53. The minimum Gasteiger partial charge on any atom is -0.477 e. The Labute approximate surface area is 116 Å². The highest BCUT2D eigenvalue weighted by Crippen LogP contribution is 2.29. The minimum atomic E-state index is -1.54. The van der Waals surface area contributed by atoms with Crippen molar-refractivity contribution in [2.45, 2.75) is 0 Å². The van der Waals surface area contributed by atoms with Crippen LogP contribution in [0.25, 0.3) is 0 Å². The van der Waals surface area contributed by atoms with Gasteiger partial charge < -0.3 is 9.84 Å². The number of hydrogen-bond acceptors (Lipinski definition) is 4. The van der Waals surface area contributed by atoms with E-state index in [-0.39, 0.29) is 5.75 Å². The molecule has 0 aliphatic heterocycles. The molecule has 0 heterocycles. The molecular formula is C13H7F2NO5. The molecule has 2 rings (SSSR count). The van der Waals surface area contributed by atoms with Crippen LogP contribution in [0, 0.1) is 21.7 Å². The summed E-state index contributed by atoms with van der Waals surface area (Å²) in [6.07, 6.45) is 0. The average Bonchev–Trinajstić information content (AvgIpc) is 2.43. The van der Waals surface area contributed by atoms with Gasteiger partial charge in [-0.25, -0.2) is 9.18 Å². The Morgan fingerprint density at radius 1 is 1.24 bits per heavy atom. The molecule has 1 N–H and O–H groups in total. The normalized spacial score (nSPS) is 10.2. The molecule has 6 nitrogen and oxygen atoms in total. The monoisotopic (exact) mass is 295 g/mol. The largest absolute Gasteiger partial charge is 0.477 e. The first-order chi connectivity index (χ1) is 9.90. The van der Waals surface area contributed by atoms with Gasteiger partial charge in [-0.3, -0.25) is 10.1 Å². The fourth-order valence-electron chi connectivity index (χ4n) is 1.60. The Hall–Kier alpha value is -3.03. The molecule has 0 amide bonds. The zero-order chi connectivity index (χ0) is 15.6. The van der Waals surface area contributed by atoms with Crippen LogP contribution in [-0.4, -0.2) is 16.0 Å². The molecule has 2 aromatic carbocycles. The molecule has 108 valence electrons. The van der Waals surface area contributed by atoms with E-state index < -0.39 is 39.5 Å². The number of benzene rings is 2. The molecule has 0 radical (unpaired) electrons. The van der Waals surface area contributed by atoms with E-state index in [9.17, 15) is 23.7 Å². The van der Waals surface area contributed by atoms with E-state index in [0.29, 0.717) is 0 Å². The molecule has 8 heteroatoms. The van der Waals surface area contributed by atoms with Gasteiger partial charge in [0, 0.05) is 12.1 Å². The highest BCUT2D eigenvalue weighted by molar-refractivity contribution is 5.92. The third-order valence-corrected chi connectivity index (χ3v) is 2.54. The third-order valence-electron chi connectivity index (χ3n) is 2.54. The van der Waals surface area contributed by atoms with Crippen molar-refractivity contribution in [1.29, 1.82) is 0 Å². The standard InChI is InChI=1S/C13H7F2NO5/c14-9-2-1-3-11(12(9)15)21-7-4-5-10(16(19)20)8(6-7)13(17)18/h1-6H,(H,17,18). The first-order valence-electron chi connectivity index (χ1n) is 5.53. The lowest BCUT2D eigenvalue weighted by Crippen LogP contribution is -2.03. The van der Waals surface area contributed by atoms with E-state index in [0.717, 1.165) is 30.3 Å². The van der Waals surface area contributed by atoms with Crippen LogP contribution in [0.2, 0.25) is 0 Å². The van der Waals surface area contributed by atoms with E-state index in [1.807, 2.05) is 0 Å². The lowest BCUT2D eigenvalue weighted by Gasteiger charge is -2.08. The zero-order valence-electron chi connectivity index (χ0n) is 10.2. The molecule has 0 aromatic heterocycles. The smallest absolute Gasteiger partial charge is 0.342 e. The van der Waals surface area contributed by atoms with Crippen molar-refractivity contribution in [3.05, 3.63) is 63.7 Å². The number of carbonyl (C=O) groups is 1. The molecule has 0 bridgehead atoms. The summed E-state index contributed by atoms with van der Waals surface area (Å²) >= 11 is 0. The number of nitro benzene ring substituents is 1. The molecule has 0 spiro atoms. The minimum absolute atomic E-state index is 0.164. The third kappa shape index (κ3) is 2.94. The lowest BCUT2D eigenvalue weighted by atomic mass is 10.1. The number of nitrogens with zero attached hydrogens (tertiary/aromatic N) is 1. The highest BCUT2D eigenvalue weighted by atomic mass is 19.2. The van der Waals surface area contributed by atoms with E-state index in [4.69, 9.17) is 9.84 Å². The Morgan fingerprint density at radius 2 is 1.95 bits per heavy atom. The zero-order valence-corrected chi connectivity index (χ0v) is 10.2. The Bertz CT molecular complexity index is 732. The number of hydrogen-bond donors (Lipinski definition) is 1. The summed E-state index contributed by atoms with van der Waals surface area (Å²) < 4.78 is 31.5. The maximum absolute atomic E-state index is 13.4. The summed E-state index contributed by atoms with van der Waals surface area (Å²) in [6, 6.07) is 6.11. The van der Waals surface area contributed by atoms with Gasteiger partial charge in [0.2, 0.25) is 5.82 Å². The van der Waals surface area contributed by atoms with Gasteiger partial charge in [0.05, 0.1) is 4.92 Å². The van der Waals surface area contributed by atoms with Crippen molar-refractivity contribution in [2.75, 3.05) is 0 Å². The maximum Gasteiger partial charge on any atom is 0.342 e. The van der Waals surface area contributed by atoms with Crippen molar-refractivity contribution >= 4 is 11.7 Å². The second-order valence-corrected chi connectivity index (χ2v) is 3.90. The molecule has 0 aliphatic carbocycles. The predicted octanol–water partition coefficient (Wildman–Crippen LogP) is 3.36. The maximum atomic E-state index is 13.4. The second kappa shape index (κ2) is 5.53. The molecule has 0 aliphatic rings. The second-order valence-electron chi connectivity index (χ2n) is 3.90. The number of rotatable bonds is 4. The fraction of sp³-hybridized carbons (Fsp3) is 0. The molecule has 2 aromatic rings. The summed E-state index contributed by atoms with van der Waals surface area (Å²) in [5.41, 5.74) is -1.25. The number of halogens is 2. The Kier molecular flexibility index (Phi) is 3.79. The lowest BCUT2D eigenvalue weighted by molar-refractivity contribution is -0.385. The molecule has 0 atom stereocenters. The van der Waals surface area contributed by atoms with Gasteiger partial charge in [0.1, 0.15) is 11.3 Å². The van der Waals surface area contributed by atoms with Crippen molar-refractivity contribution in [3.8, 4) is 11.5 Å². The van der Waals surface area contributed by atoms with Gasteiger partial charge in [-0.2, -0.15) is 4.39 Å². The molecule has 0 saturated heterocycles. The number of ether oxygens (including phenoxy) is 1. The quantitative estimate of drug-likeness (QED) is 0.690. The number of nitro groups is 1. The number of aromatic carboxylic acids is 1. The van der Waals surface area contributed by atoms with Crippen LogP contribution in [0.5, 0.6) is 11.5 Å². The van der Waals surface area contributed by atoms with E-state index >= 15 is 0 Å². The van der Waals surface area contributed by atoms with Crippen LogP contribution in [-0.2, 0) is 0 Å². The first kappa shape index (κ1) is 14.4. The van der Waals surface area contributed by atoms with Gasteiger partial charge in [-0.1, -0.05) is 6.07 Å². The summed E-state index contributed by atoms with van der Waals surface area (Å²) in [5, 5.41) is 19.6. The average molecular weight is 295 g/mol. The summed E-state index contributed by atoms with van der Waals surface area (Å²) in [7, 11) is 0. The van der Waals surface area contributed by atoms with Crippen molar-refractivity contribution < 1.29 is 28.3 Å². The Balaban J connectivity index is 2.42. The van der Waals surface area contributed by atoms with E-state index in [1.165, 1.54) is 6.07 Å². The topological polar surface area (TPSA) is 89.7 Å². The van der Waals surface area contributed by atoms with Crippen LogP contribution in [0.15, 0.2) is 36.4 Å². The summed E-state index contributed by atoms with van der Waals surface area (Å²) in [6.45, 7) is 0. The Morgan fingerprint density at radius 3 is 2.57 bits per heavy atom. The van der Waals surface area contributed by atoms with Crippen molar-refractivity contribution in [3.63, 3.8) is 0 Å². The molecule has 0 fully saturated rings. The fourth-order valence-corrected chi connectivity index (χ4v) is 1.60.